The molecule has 0 radical (unpaired) electrons. The van der Waals surface area contributed by atoms with Crippen LogP contribution in [0.2, 0.25) is 5.02 Å². The number of halogens is 1. The molecule has 0 saturated heterocycles. The van der Waals surface area contributed by atoms with E-state index in [4.69, 9.17) is 16.3 Å². The number of ether oxygens (including phenoxy) is 1. The molecule has 1 heterocycles. The van der Waals surface area contributed by atoms with Gasteiger partial charge in [0.25, 0.3) is 11.5 Å². The van der Waals surface area contributed by atoms with Crippen LogP contribution in [0.1, 0.15) is 15.9 Å². The first-order chi connectivity index (χ1) is 16.5. The van der Waals surface area contributed by atoms with Crippen molar-refractivity contribution in [3.05, 3.63) is 99.3 Å². The largest absolute Gasteiger partial charge is 0.497 e. The van der Waals surface area contributed by atoms with Crippen LogP contribution in [0, 0.1) is 11.3 Å². The zero-order valence-electron chi connectivity index (χ0n) is 17.9. The number of nitrogens with zero attached hydrogens (tertiary/aromatic N) is 2. The van der Waals surface area contributed by atoms with E-state index < -0.39 is 5.56 Å². The van der Waals surface area contributed by atoms with Gasteiger partial charge < -0.3 is 15.4 Å². The molecule has 0 bridgehead atoms. The molecule has 3 aromatic carbocycles. The molecule has 0 atom stereocenters. The van der Waals surface area contributed by atoms with Gasteiger partial charge in [-0.3, -0.25) is 14.6 Å². The first kappa shape index (κ1) is 22.6. The van der Waals surface area contributed by atoms with Crippen LogP contribution in [-0.2, 0) is 0 Å². The SMILES string of the molecule is COc1ccc(C(=O)Nc2cccc(-c3nc(Nc4ccc(Cl)cc4)[nH]c(=O)c3C#N)c2)cc1. The fourth-order valence-electron chi connectivity index (χ4n) is 3.20. The summed E-state index contributed by atoms with van der Waals surface area (Å²) in [5.74, 6) is 0.490. The fourth-order valence-corrected chi connectivity index (χ4v) is 3.33. The Kier molecular flexibility index (Phi) is 6.57. The van der Waals surface area contributed by atoms with Gasteiger partial charge in [0, 0.05) is 27.5 Å². The van der Waals surface area contributed by atoms with Crippen LogP contribution in [0.4, 0.5) is 17.3 Å². The number of aromatic amines is 1. The second-order valence-electron chi connectivity index (χ2n) is 7.15. The molecule has 0 saturated carbocycles. The number of anilines is 3. The summed E-state index contributed by atoms with van der Waals surface area (Å²) in [6.45, 7) is 0. The highest BCUT2D eigenvalue weighted by molar-refractivity contribution is 6.30. The van der Waals surface area contributed by atoms with E-state index in [0.717, 1.165) is 0 Å². The molecule has 0 aliphatic heterocycles. The van der Waals surface area contributed by atoms with Crippen molar-refractivity contribution >= 4 is 34.8 Å². The van der Waals surface area contributed by atoms with E-state index in [9.17, 15) is 14.9 Å². The lowest BCUT2D eigenvalue weighted by Crippen LogP contribution is -2.16. The number of methoxy groups -OCH3 is 1. The summed E-state index contributed by atoms with van der Waals surface area (Å²) in [5.41, 5.74) is 1.54. The zero-order chi connectivity index (χ0) is 24.1. The Morgan fingerprint density at radius 1 is 1.06 bits per heavy atom. The standard InChI is InChI=1S/C25H18ClN5O3/c1-34-20-11-5-15(6-12-20)23(32)28-19-4-2-3-16(13-19)22-21(14-27)24(33)31-25(30-22)29-18-9-7-17(26)8-10-18/h2-13H,1H3,(H,28,32)(H2,29,30,31,33). The summed E-state index contributed by atoms with van der Waals surface area (Å²) in [7, 11) is 1.55. The smallest absolute Gasteiger partial charge is 0.270 e. The number of nitriles is 1. The highest BCUT2D eigenvalue weighted by atomic mass is 35.5. The lowest BCUT2D eigenvalue weighted by Gasteiger charge is -2.11. The Labute approximate surface area is 199 Å². The second kappa shape index (κ2) is 9.90. The second-order valence-corrected chi connectivity index (χ2v) is 7.58. The van der Waals surface area contributed by atoms with Crippen molar-refractivity contribution in [1.82, 2.24) is 9.97 Å². The summed E-state index contributed by atoms with van der Waals surface area (Å²) in [4.78, 5) is 32.2. The van der Waals surface area contributed by atoms with Crippen LogP contribution in [0.5, 0.6) is 5.75 Å². The van der Waals surface area contributed by atoms with Crippen LogP contribution < -0.4 is 20.9 Å². The van der Waals surface area contributed by atoms with Gasteiger partial charge in [0.15, 0.2) is 0 Å². The van der Waals surface area contributed by atoms with Gasteiger partial charge in [0.1, 0.15) is 17.4 Å². The zero-order valence-corrected chi connectivity index (χ0v) is 18.7. The van der Waals surface area contributed by atoms with E-state index in [-0.39, 0.29) is 23.1 Å². The van der Waals surface area contributed by atoms with Crippen molar-refractivity contribution in [1.29, 1.82) is 5.26 Å². The predicted octanol–water partition coefficient (Wildman–Crippen LogP) is 4.97. The molecule has 3 N–H and O–H groups in total. The summed E-state index contributed by atoms with van der Waals surface area (Å²) < 4.78 is 5.11. The number of hydrogen-bond donors (Lipinski definition) is 3. The van der Waals surface area contributed by atoms with Crippen LogP contribution >= 0.6 is 11.6 Å². The molecule has 1 amide bonds. The fraction of sp³-hybridized carbons (Fsp3) is 0.0400. The normalized spacial score (nSPS) is 10.3. The Hall–Kier alpha value is -4.61. The van der Waals surface area contributed by atoms with Crippen molar-refractivity contribution in [2.75, 3.05) is 17.7 Å². The lowest BCUT2D eigenvalue weighted by atomic mass is 10.1. The molecular weight excluding hydrogens is 454 g/mol. The average Bonchev–Trinajstić information content (AvgIpc) is 2.85. The third-order valence-electron chi connectivity index (χ3n) is 4.88. The predicted molar refractivity (Wildman–Crippen MR) is 131 cm³/mol. The lowest BCUT2D eigenvalue weighted by molar-refractivity contribution is 0.102. The summed E-state index contributed by atoms with van der Waals surface area (Å²) >= 11 is 5.92. The quantitative estimate of drug-likeness (QED) is 0.365. The molecule has 34 heavy (non-hydrogen) atoms. The summed E-state index contributed by atoms with van der Waals surface area (Å²) in [6.07, 6.45) is 0. The molecule has 0 unspecified atom stereocenters. The van der Waals surface area contributed by atoms with Gasteiger partial charge in [-0.2, -0.15) is 5.26 Å². The Balaban J connectivity index is 1.64. The maximum atomic E-state index is 12.6. The Bertz CT molecular complexity index is 1440. The minimum absolute atomic E-state index is 0.139. The molecule has 0 fully saturated rings. The van der Waals surface area contributed by atoms with E-state index >= 15 is 0 Å². The van der Waals surface area contributed by atoms with Gasteiger partial charge in [-0.25, -0.2) is 4.98 Å². The maximum absolute atomic E-state index is 12.6. The van der Waals surface area contributed by atoms with Crippen LogP contribution in [0.15, 0.2) is 77.6 Å². The van der Waals surface area contributed by atoms with Crippen LogP contribution in [0.25, 0.3) is 11.3 Å². The minimum atomic E-state index is -0.586. The molecule has 0 aliphatic carbocycles. The first-order valence-corrected chi connectivity index (χ1v) is 10.5. The van der Waals surface area contributed by atoms with Crippen molar-refractivity contribution < 1.29 is 9.53 Å². The van der Waals surface area contributed by atoms with Crippen LogP contribution in [-0.4, -0.2) is 23.0 Å². The number of carbonyl (C=O) groups excluding carboxylic acids is 1. The highest BCUT2D eigenvalue weighted by Crippen LogP contribution is 2.25. The number of carbonyl (C=O) groups is 1. The Morgan fingerprint density at radius 3 is 2.47 bits per heavy atom. The van der Waals surface area contributed by atoms with Gasteiger partial charge in [-0.1, -0.05) is 23.7 Å². The van der Waals surface area contributed by atoms with Crippen LogP contribution in [0.3, 0.4) is 0 Å². The molecule has 4 rings (SSSR count). The minimum Gasteiger partial charge on any atom is -0.497 e. The number of rotatable bonds is 6. The number of H-pyrrole nitrogens is 1. The van der Waals surface area contributed by atoms with E-state index in [1.54, 1.807) is 79.9 Å². The highest BCUT2D eigenvalue weighted by Gasteiger charge is 2.15. The van der Waals surface area contributed by atoms with E-state index in [2.05, 4.69) is 20.6 Å². The van der Waals surface area contributed by atoms with Crippen molar-refractivity contribution in [3.8, 4) is 23.1 Å². The third-order valence-corrected chi connectivity index (χ3v) is 5.14. The number of nitrogens with one attached hydrogen (secondary N) is 3. The van der Waals surface area contributed by atoms with Crippen molar-refractivity contribution in [2.24, 2.45) is 0 Å². The van der Waals surface area contributed by atoms with E-state index in [0.29, 0.717) is 33.3 Å². The molecular formula is C25H18ClN5O3. The molecule has 1 aromatic heterocycles. The van der Waals surface area contributed by atoms with Gasteiger partial charge in [-0.15, -0.1) is 0 Å². The Morgan fingerprint density at radius 2 is 1.79 bits per heavy atom. The average molecular weight is 472 g/mol. The molecule has 4 aromatic rings. The van der Waals surface area contributed by atoms with Gasteiger partial charge in [-0.05, 0) is 60.7 Å². The topological polar surface area (TPSA) is 120 Å². The van der Waals surface area contributed by atoms with Crippen molar-refractivity contribution in [3.63, 3.8) is 0 Å². The number of aromatic nitrogens is 2. The van der Waals surface area contributed by atoms with E-state index in [1.807, 2.05) is 6.07 Å². The summed E-state index contributed by atoms with van der Waals surface area (Å²) in [6, 6.07) is 22.2. The molecule has 0 spiro atoms. The number of amides is 1. The van der Waals surface area contributed by atoms with E-state index in [1.165, 1.54) is 0 Å². The number of hydrogen-bond acceptors (Lipinski definition) is 6. The molecule has 9 heteroatoms. The maximum Gasteiger partial charge on any atom is 0.270 e. The van der Waals surface area contributed by atoms with Gasteiger partial charge in [0.2, 0.25) is 5.95 Å². The monoisotopic (exact) mass is 471 g/mol. The molecule has 0 aliphatic rings. The molecule has 168 valence electrons. The van der Waals surface area contributed by atoms with Gasteiger partial charge >= 0.3 is 0 Å². The number of benzene rings is 3. The van der Waals surface area contributed by atoms with Gasteiger partial charge in [0.05, 0.1) is 12.8 Å². The molecule has 8 nitrogen and oxygen atoms in total. The first-order valence-electron chi connectivity index (χ1n) is 10.1. The van der Waals surface area contributed by atoms with Crippen molar-refractivity contribution in [2.45, 2.75) is 0 Å². The summed E-state index contributed by atoms with van der Waals surface area (Å²) in [5, 5.41) is 15.9. The third kappa shape index (κ3) is 5.06.